The number of amides is 1. The summed E-state index contributed by atoms with van der Waals surface area (Å²) in [6.07, 6.45) is -9.42. The van der Waals surface area contributed by atoms with Gasteiger partial charge >= 0.3 is 12.4 Å². The first-order valence-electron chi connectivity index (χ1n) is 12.6. The van der Waals surface area contributed by atoms with E-state index in [4.69, 9.17) is 34.8 Å². The molecule has 1 aliphatic rings. The number of aryl methyl sites for hydroxylation is 1. The van der Waals surface area contributed by atoms with Crippen molar-refractivity contribution in [2.75, 3.05) is 13.1 Å². The Labute approximate surface area is 258 Å². The van der Waals surface area contributed by atoms with Gasteiger partial charge in [0.1, 0.15) is 0 Å². The molecule has 4 rings (SSSR count). The molecular weight excluding hydrogens is 667 g/mol. The fourth-order valence-electron chi connectivity index (χ4n) is 5.35. The number of likely N-dealkylation sites (tertiary alicyclic amines) is 1. The largest absolute Gasteiger partial charge is 0.416 e. The minimum atomic E-state index is -5.14. The monoisotopic (exact) mass is 687 g/mol. The second-order valence-corrected chi connectivity index (χ2v) is 12.9. The number of hydrogen-bond acceptors (Lipinski definition) is 3. The van der Waals surface area contributed by atoms with Crippen LogP contribution in [0, 0.1) is 0 Å². The maximum atomic E-state index is 13.5. The summed E-state index contributed by atoms with van der Waals surface area (Å²) >= 11 is 18.5. The predicted octanol–water partition coefficient (Wildman–Crippen LogP) is 8.74. The first kappa shape index (κ1) is 33.4. The number of benzene rings is 3. The summed E-state index contributed by atoms with van der Waals surface area (Å²) in [5.41, 5.74) is -4.26. The summed E-state index contributed by atoms with van der Waals surface area (Å²) < 4.78 is 115. The molecule has 232 valence electrons. The van der Waals surface area contributed by atoms with Gasteiger partial charge in [0.05, 0.1) is 26.1 Å². The third-order valence-electron chi connectivity index (χ3n) is 7.40. The van der Waals surface area contributed by atoms with Gasteiger partial charge in [0, 0.05) is 29.1 Å². The Hall–Kier alpha value is -2.51. The van der Waals surface area contributed by atoms with E-state index in [-0.39, 0.29) is 57.5 Å². The highest BCUT2D eigenvalue weighted by Crippen LogP contribution is 2.42. The van der Waals surface area contributed by atoms with Crippen LogP contribution in [0.15, 0.2) is 59.5 Å². The van der Waals surface area contributed by atoms with E-state index in [0.717, 1.165) is 6.07 Å². The van der Waals surface area contributed by atoms with Gasteiger partial charge in [0.25, 0.3) is 16.0 Å². The molecule has 0 bridgehead atoms. The average molecular weight is 689 g/mol. The number of alkyl halides is 6. The van der Waals surface area contributed by atoms with Crippen LogP contribution in [0.25, 0.3) is 0 Å². The molecule has 1 amide bonds. The fraction of sp³-hybridized carbons (Fsp3) is 0.321. The predicted molar refractivity (Wildman–Crippen MR) is 149 cm³/mol. The molecule has 1 saturated heterocycles. The van der Waals surface area contributed by atoms with Gasteiger partial charge in [-0.1, -0.05) is 40.9 Å². The van der Waals surface area contributed by atoms with Crippen LogP contribution in [-0.2, 0) is 34.3 Å². The highest BCUT2D eigenvalue weighted by Gasteiger charge is 2.41. The summed E-state index contributed by atoms with van der Waals surface area (Å²) in [7, 11) is -4.64. The smallest absolute Gasteiger partial charge is 0.338 e. The number of rotatable bonds is 6. The number of halogens is 9. The standard InChI is InChI=1S/C28H22Cl3F6NO4S/c29-21-3-5-24(43(40,41)42)16(12-21)6-8-26(18-2-4-22(30)23(31)14-18)7-1-9-38(15-26)25(39)17-10-19(27(32,33)34)13-20(11-17)28(35,36)37/h2-5,10-14H,1,6-9,15H2,(H,40,41,42). The quantitative estimate of drug-likeness (QED) is 0.208. The molecule has 0 aliphatic carbocycles. The molecule has 5 nitrogen and oxygen atoms in total. The molecule has 43 heavy (non-hydrogen) atoms. The molecule has 15 heteroatoms. The highest BCUT2D eigenvalue weighted by molar-refractivity contribution is 7.85. The first-order valence-corrected chi connectivity index (χ1v) is 15.2. The van der Waals surface area contributed by atoms with Gasteiger partial charge < -0.3 is 4.90 Å². The van der Waals surface area contributed by atoms with Crippen LogP contribution in [0.2, 0.25) is 15.1 Å². The topological polar surface area (TPSA) is 74.7 Å². The van der Waals surface area contributed by atoms with E-state index in [1.807, 2.05) is 0 Å². The van der Waals surface area contributed by atoms with Gasteiger partial charge in [-0.3, -0.25) is 9.35 Å². The molecule has 1 heterocycles. The first-order chi connectivity index (χ1) is 19.8. The molecule has 0 aromatic heterocycles. The van der Waals surface area contributed by atoms with Gasteiger partial charge in [-0.05, 0) is 85.3 Å². The molecule has 1 N–H and O–H groups in total. The Morgan fingerprint density at radius 3 is 2.07 bits per heavy atom. The van der Waals surface area contributed by atoms with E-state index in [0.29, 0.717) is 30.5 Å². The Kier molecular flexibility index (Phi) is 9.41. The molecule has 3 aromatic rings. The normalized spacial score (nSPS) is 18.1. The van der Waals surface area contributed by atoms with E-state index >= 15 is 0 Å². The van der Waals surface area contributed by atoms with Crippen LogP contribution < -0.4 is 0 Å². The zero-order valence-corrected chi connectivity index (χ0v) is 25.0. The molecule has 1 atom stereocenters. The minimum absolute atomic E-state index is 0.0136. The van der Waals surface area contributed by atoms with E-state index in [9.17, 15) is 44.1 Å². The van der Waals surface area contributed by atoms with Crippen LogP contribution in [0.5, 0.6) is 0 Å². The minimum Gasteiger partial charge on any atom is -0.338 e. The lowest BCUT2D eigenvalue weighted by atomic mass is 9.70. The third kappa shape index (κ3) is 7.59. The zero-order valence-electron chi connectivity index (χ0n) is 21.9. The number of piperidine rings is 1. The van der Waals surface area contributed by atoms with Gasteiger partial charge in [-0.25, -0.2) is 0 Å². The van der Waals surface area contributed by atoms with Crippen molar-refractivity contribution in [3.8, 4) is 0 Å². The number of hydrogen-bond donors (Lipinski definition) is 1. The zero-order chi connectivity index (χ0) is 32.0. The average Bonchev–Trinajstić information content (AvgIpc) is 2.91. The maximum Gasteiger partial charge on any atom is 0.416 e. The van der Waals surface area contributed by atoms with Crippen molar-refractivity contribution in [2.45, 2.75) is 48.3 Å². The molecule has 0 saturated carbocycles. The summed E-state index contributed by atoms with van der Waals surface area (Å²) in [6.45, 7) is -0.115. The summed E-state index contributed by atoms with van der Waals surface area (Å²) in [4.78, 5) is 14.3. The SMILES string of the molecule is O=C(c1cc(C(F)(F)F)cc(C(F)(F)F)c1)N1CCCC(CCc2cc(Cl)ccc2S(=O)(=O)O)(c2ccc(Cl)c(Cl)c2)C1. The van der Waals surface area contributed by atoms with Crippen LogP contribution in [-0.4, -0.2) is 36.9 Å². The lowest BCUT2D eigenvalue weighted by Gasteiger charge is -2.44. The maximum absolute atomic E-state index is 13.5. The van der Waals surface area contributed by atoms with Gasteiger partial charge in [-0.15, -0.1) is 0 Å². The van der Waals surface area contributed by atoms with Crippen LogP contribution in [0.4, 0.5) is 26.3 Å². The number of carbonyl (C=O) groups is 1. The Morgan fingerprint density at radius 2 is 1.51 bits per heavy atom. The number of carbonyl (C=O) groups excluding carboxylic acids is 1. The molecule has 1 aliphatic heterocycles. The van der Waals surface area contributed by atoms with Crippen LogP contribution in [0.3, 0.4) is 0 Å². The molecule has 0 radical (unpaired) electrons. The lowest BCUT2D eigenvalue weighted by molar-refractivity contribution is -0.143. The van der Waals surface area contributed by atoms with Crippen LogP contribution in [0.1, 0.15) is 51.9 Å². The number of nitrogens with zero attached hydrogens (tertiary/aromatic N) is 1. The van der Waals surface area contributed by atoms with Gasteiger partial charge in [-0.2, -0.15) is 34.8 Å². The fourth-order valence-corrected chi connectivity index (χ4v) is 6.57. The molecule has 1 unspecified atom stereocenters. The van der Waals surface area contributed by atoms with Crippen molar-refractivity contribution in [2.24, 2.45) is 0 Å². The second-order valence-electron chi connectivity index (χ2n) is 10.3. The molecule has 3 aromatic carbocycles. The van der Waals surface area contributed by atoms with Crippen molar-refractivity contribution in [3.63, 3.8) is 0 Å². The summed E-state index contributed by atoms with van der Waals surface area (Å²) in [5, 5.41) is 0.573. The summed E-state index contributed by atoms with van der Waals surface area (Å²) in [5.74, 6) is -1.04. The van der Waals surface area contributed by atoms with Crippen molar-refractivity contribution in [3.05, 3.63) is 97.5 Å². The van der Waals surface area contributed by atoms with E-state index in [1.165, 1.54) is 23.1 Å². The van der Waals surface area contributed by atoms with Crippen LogP contribution >= 0.6 is 34.8 Å². The van der Waals surface area contributed by atoms with Gasteiger partial charge in [0.15, 0.2) is 0 Å². The van der Waals surface area contributed by atoms with Crippen molar-refractivity contribution in [1.29, 1.82) is 0 Å². The van der Waals surface area contributed by atoms with Crippen molar-refractivity contribution < 1.29 is 44.1 Å². The summed E-state index contributed by atoms with van der Waals surface area (Å²) in [6, 6.07) is 9.20. The van der Waals surface area contributed by atoms with Crippen molar-refractivity contribution >= 4 is 50.8 Å². The molecule has 1 fully saturated rings. The Morgan fingerprint density at radius 1 is 0.884 bits per heavy atom. The third-order valence-corrected chi connectivity index (χ3v) is 9.33. The second kappa shape index (κ2) is 12.1. The van der Waals surface area contributed by atoms with E-state index in [1.54, 1.807) is 12.1 Å². The lowest BCUT2D eigenvalue weighted by Crippen LogP contribution is -2.49. The van der Waals surface area contributed by atoms with Gasteiger partial charge in [0.2, 0.25) is 0 Å². The highest BCUT2D eigenvalue weighted by atomic mass is 35.5. The molecule has 0 spiro atoms. The molecular formula is C28H22Cl3F6NO4S. The Bertz CT molecular complexity index is 1630. The van der Waals surface area contributed by atoms with E-state index < -0.39 is 50.5 Å². The van der Waals surface area contributed by atoms with Crippen molar-refractivity contribution in [1.82, 2.24) is 4.90 Å². The van der Waals surface area contributed by atoms with E-state index in [2.05, 4.69) is 0 Å². The Balaban J connectivity index is 1.77.